The van der Waals surface area contributed by atoms with E-state index in [2.05, 4.69) is 9.97 Å². The molecule has 1 rings (SSSR count). The molecule has 1 heterocycles. The number of nitriles is 1. The quantitative estimate of drug-likeness (QED) is 0.739. The van der Waals surface area contributed by atoms with Crippen LogP contribution in [0, 0.1) is 11.3 Å². The fraction of sp³-hybridized carbons (Fsp3) is 0.444. The highest BCUT2D eigenvalue weighted by Gasteiger charge is 2.11. The van der Waals surface area contributed by atoms with Crippen molar-refractivity contribution >= 4 is 5.82 Å². The zero-order chi connectivity index (χ0) is 9.84. The summed E-state index contributed by atoms with van der Waals surface area (Å²) in [6.45, 7) is 4.04. The van der Waals surface area contributed by atoms with Crippen molar-refractivity contribution in [2.45, 2.75) is 26.2 Å². The van der Waals surface area contributed by atoms with Crippen LogP contribution in [0.15, 0.2) is 6.20 Å². The van der Waals surface area contributed by atoms with Gasteiger partial charge in [0.15, 0.2) is 5.69 Å². The van der Waals surface area contributed by atoms with Gasteiger partial charge in [-0.2, -0.15) is 5.26 Å². The third kappa shape index (κ3) is 1.94. The molecule has 1 aromatic heterocycles. The molecular formula is C9H12N4. The minimum Gasteiger partial charge on any atom is -0.382 e. The van der Waals surface area contributed by atoms with Crippen LogP contribution in [0.1, 0.15) is 37.6 Å². The van der Waals surface area contributed by atoms with Gasteiger partial charge < -0.3 is 5.73 Å². The van der Waals surface area contributed by atoms with Crippen LogP contribution in [0.25, 0.3) is 0 Å². The average molecular weight is 176 g/mol. The van der Waals surface area contributed by atoms with Crippen molar-refractivity contribution in [3.8, 4) is 6.07 Å². The van der Waals surface area contributed by atoms with Crippen molar-refractivity contribution in [2.24, 2.45) is 0 Å². The molecule has 0 saturated carbocycles. The van der Waals surface area contributed by atoms with Gasteiger partial charge in [-0.05, 0) is 6.42 Å². The molecule has 0 saturated heterocycles. The lowest BCUT2D eigenvalue weighted by atomic mass is 10.0. The summed E-state index contributed by atoms with van der Waals surface area (Å²) in [5.41, 5.74) is 6.57. The molecule has 13 heavy (non-hydrogen) atoms. The fourth-order valence-corrected chi connectivity index (χ4v) is 1.04. The number of anilines is 1. The van der Waals surface area contributed by atoms with Crippen LogP contribution in [0.4, 0.5) is 5.82 Å². The minimum absolute atomic E-state index is 0.227. The second-order valence-corrected chi connectivity index (χ2v) is 2.95. The topological polar surface area (TPSA) is 75.6 Å². The summed E-state index contributed by atoms with van der Waals surface area (Å²) in [6.07, 6.45) is 2.33. The van der Waals surface area contributed by atoms with Gasteiger partial charge in [0.2, 0.25) is 0 Å². The maximum atomic E-state index is 8.76. The zero-order valence-corrected chi connectivity index (χ0v) is 7.78. The predicted molar refractivity (Wildman–Crippen MR) is 49.9 cm³/mol. The van der Waals surface area contributed by atoms with E-state index >= 15 is 0 Å². The molecule has 0 aromatic carbocycles. The Labute approximate surface area is 77.4 Å². The Morgan fingerprint density at radius 1 is 1.69 bits per heavy atom. The Morgan fingerprint density at radius 3 is 2.92 bits per heavy atom. The van der Waals surface area contributed by atoms with Gasteiger partial charge in [0.1, 0.15) is 11.9 Å². The highest BCUT2D eigenvalue weighted by Crippen LogP contribution is 2.19. The van der Waals surface area contributed by atoms with Gasteiger partial charge in [-0.25, -0.2) is 9.97 Å². The third-order valence-corrected chi connectivity index (χ3v) is 2.00. The van der Waals surface area contributed by atoms with E-state index in [1.165, 1.54) is 6.20 Å². The molecular weight excluding hydrogens is 164 g/mol. The van der Waals surface area contributed by atoms with E-state index in [-0.39, 0.29) is 5.92 Å². The number of hydrogen-bond donors (Lipinski definition) is 1. The first-order valence-electron chi connectivity index (χ1n) is 4.21. The first kappa shape index (κ1) is 9.46. The van der Waals surface area contributed by atoms with Crippen molar-refractivity contribution in [3.63, 3.8) is 0 Å². The summed E-state index contributed by atoms with van der Waals surface area (Å²) in [5, 5.41) is 8.76. The van der Waals surface area contributed by atoms with Crippen LogP contribution in [0.3, 0.4) is 0 Å². The van der Waals surface area contributed by atoms with E-state index in [0.29, 0.717) is 17.2 Å². The molecule has 1 aromatic rings. The molecule has 4 nitrogen and oxygen atoms in total. The molecule has 1 atom stereocenters. The molecule has 0 spiro atoms. The number of nitrogens with two attached hydrogens (primary N) is 1. The van der Waals surface area contributed by atoms with Crippen LogP contribution in [-0.2, 0) is 0 Å². The van der Waals surface area contributed by atoms with E-state index in [0.717, 1.165) is 6.42 Å². The smallest absolute Gasteiger partial charge is 0.162 e. The van der Waals surface area contributed by atoms with Gasteiger partial charge in [-0.15, -0.1) is 0 Å². The lowest BCUT2D eigenvalue weighted by Gasteiger charge is -2.08. The Hall–Kier alpha value is -1.63. The second-order valence-electron chi connectivity index (χ2n) is 2.95. The van der Waals surface area contributed by atoms with Crippen LogP contribution in [-0.4, -0.2) is 9.97 Å². The second kappa shape index (κ2) is 3.85. The van der Waals surface area contributed by atoms with Gasteiger partial charge in [0.05, 0.1) is 11.9 Å². The summed E-state index contributed by atoms with van der Waals surface area (Å²) in [5.74, 6) is 0.597. The fourth-order valence-electron chi connectivity index (χ4n) is 1.04. The molecule has 0 amide bonds. The molecule has 0 unspecified atom stereocenters. The SMILES string of the molecule is CC[C@H](C)c1nc(N)cnc1C#N. The molecule has 0 radical (unpaired) electrons. The van der Waals surface area contributed by atoms with E-state index in [1.807, 2.05) is 19.9 Å². The summed E-state index contributed by atoms with van der Waals surface area (Å²) in [6, 6.07) is 2.01. The molecule has 0 aliphatic rings. The number of aromatic nitrogens is 2. The Bertz CT molecular complexity index is 340. The molecule has 0 aliphatic carbocycles. The molecule has 0 fully saturated rings. The van der Waals surface area contributed by atoms with Crippen molar-refractivity contribution < 1.29 is 0 Å². The highest BCUT2D eigenvalue weighted by atomic mass is 14.9. The monoisotopic (exact) mass is 176 g/mol. The molecule has 68 valence electrons. The Balaban J connectivity index is 3.17. The number of hydrogen-bond acceptors (Lipinski definition) is 4. The van der Waals surface area contributed by atoms with Gasteiger partial charge in [0, 0.05) is 5.92 Å². The van der Waals surface area contributed by atoms with Gasteiger partial charge in [-0.3, -0.25) is 0 Å². The van der Waals surface area contributed by atoms with Crippen LogP contribution < -0.4 is 5.73 Å². The van der Waals surface area contributed by atoms with Crippen molar-refractivity contribution in [1.82, 2.24) is 9.97 Å². The standard InChI is InChI=1S/C9H12N4/c1-3-6(2)9-7(4-10)12-5-8(11)13-9/h5-6H,3H2,1-2H3,(H2,11,13)/t6-/m0/s1. The zero-order valence-electron chi connectivity index (χ0n) is 7.78. The lowest BCUT2D eigenvalue weighted by Crippen LogP contribution is -2.04. The number of rotatable bonds is 2. The average Bonchev–Trinajstić information content (AvgIpc) is 2.16. The van der Waals surface area contributed by atoms with E-state index in [4.69, 9.17) is 11.0 Å². The number of nitrogens with zero attached hydrogens (tertiary/aromatic N) is 3. The Morgan fingerprint density at radius 2 is 2.38 bits per heavy atom. The van der Waals surface area contributed by atoms with Gasteiger partial charge in [-0.1, -0.05) is 13.8 Å². The maximum absolute atomic E-state index is 8.76. The van der Waals surface area contributed by atoms with Crippen molar-refractivity contribution in [1.29, 1.82) is 5.26 Å². The summed E-state index contributed by atoms with van der Waals surface area (Å²) in [7, 11) is 0. The molecule has 2 N–H and O–H groups in total. The minimum atomic E-state index is 0.227. The number of nitrogen functional groups attached to an aromatic ring is 1. The van der Waals surface area contributed by atoms with Gasteiger partial charge >= 0.3 is 0 Å². The first-order chi connectivity index (χ1) is 6.19. The van der Waals surface area contributed by atoms with E-state index in [9.17, 15) is 0 Å². The normalized spacial score (nSPS) is 12.1. The van der Waals surface area contributed by atoms with Gasteiger partial charge in [0.25, 0.3) is 0 Å². The molecule has 0 aliphatic heterocycles. The summed E-state index contributed by atoms with van der Waals surface area (Å²) in [4.78, 5) is 8.02. The van der Waals surface area contributed by atoms with Crippen molar-refractivity contribution in [3.05, 3.63) is 17.6 Å². The predicted octanol–water partition coefficient (Wildman–Crippen LogP) is 1.44. The summed E-state index contributed by atoms with van der Waals surface area (Å²) < 4.78 is 0. The lowest BCUT2D eigenvalue weighted by molar-refractivity contribution is 0.701. The van der Waals surface area contributed by atoms with Crippen molar-refractivity contribution in [2.75, 3.05) is 5.73 Å². The molecule has 4 heteroatoms. The molecule has 0 bridgehead atoms. The largest absolute Gasteiger partial charge is 0.382 e. The van der Waals surface area contributed by atoms with Crippen LogP contribution >= 0.6 is 0 Å². The van der Waals surface area contributed by atoms with E-state index in [1.54, 1.807) is 0 Å². The van der Waals surface area contributed by atoms with E-state index < -0.39 is 0 Å². The Kier molecular flexibility index (Phi) is 2.80. The first-order valence-corrected chi connectivity index (χ1v) is 4.21. The highest BCUT2D eigenvalue weighted by molar-refractivity contribution is 5.35. The third-order valence-electron chi connectivity index (χ3n) is 2.00. The van der Waals surface area contributed by atoms with Crippen LogP contribution in [0.2, 0.25) is 0 Å². The van der Waals surface area contributed by atoms with Crippen LogP contribution in [0.5, 0.6) is 0 Å². The summed E-state index contributed by atoms with van der Waals surface area (Å²) >= 11 is 0. The maximum Gasteiger partial charge on any atom is 0.162 e.